The first-order valence-corrected chi connectivity index (χ1v) is 7.90. The molecular formula is C17H24N4O. The van der Waals surface area contributed by atoms with E-state index in [0.717, 1.165) is 38.2 Å². The zero-order valence-electron chi connectivity index (χ0n) is 13.1. The fourth-order valence-corrected chi connectivity index (χ4v) is 2.87. The van der Waals surface area contributed by atoms with E-state index in [9.17, 15) is 4.79 Å². The number of hydrogen-bond donors (Lipinski definition) is 3. The van der Waals surface area contributed by atoms with Crippen molar-refractivity contribution in [2.75, 3.05) is 26.7 Å². The number of rotatable bonds is 4. The number of likely N-dealkylation sites (N-methyl/N-ethyl adjacent to an activating group) is 1. The molecule has 0 saturated carbocycles. The fourth-order valence-electron chi connectivity index (χ4n) is 2.87. The third kappa shape index (κ3) is 3.87. The summed E-state index contributed by atoms with van der Waals surface area (Å²) >= 11 is 0. The van der Waals surface area contributed by atoms with Gasteiger partial charge in [0, 0.05) is 39.3 Å². The summed E-state index contributed by atoms with van der Waals surface area (Å²) in [4.78, 5) is 14.2. The first-order chi connectivity index (χ1) is 10.7. The van der Waals surface area contributed by atoms with E-state index in [1.807, 2.05) is 0 Å². The van der Waals surface area contributed by atoms with Gasteiger partial charge in [0.1, 0.15) is 0 Å². The third-order valence-electron chi connectivity index (χ3n) is 4.34. The summed E-state index contributed by atoms with van der Waals surface area (Å²) in [6.07, 6.45) is 3.24. The normalized spacial score (nSPS) is 17.8. The topological polar surface area (TPSA) is 56.4 Å². The molecule has 5 heteroatoms. The smallest absolute Gasteiger partial charge is 0.315 e. The molecule has 0 radical (unpaired) electrons. The second-order valence-corrected chi connectivity index (χ2v) is 6.12. The van der Waals surface area contributed by atoms with E-state index < -0.39 is 0 Å². The monoisotopic (exact) mass is 300 g/mol. The molecule has 0 fully saturated rings. The van der Waals surface area contributed by atoms with Crippen molar-refractivity contribution < 1.29 is 4.79 Å². The number of benzene rings is 1. The van der Waals surface area contributed by atoms with Crippen LogP contribution >= 0.6 is 0 Å². The highest BCUT2D eigenvalue weighted by atomic mass is 16.2. The Morgan fingerprint density at radius 1 is 1.23 bits per heavy atom. The van der Waals surface area contributed by atoms with Gasteiger partial charge in [-0.05, 0) is 30.2 Å². The van der Waals surface area contributed by atoms with Gasteiger partial charge in [0.05, 0.1) is 0 Å². The Balaban J connectivity index is 1.42. The van der Waals surface area contributed by atoms with Crippen LogP contribution in [0.2, 0.25) is 0 Å². The Hall–Kier alpha value is -1.85. The molecule has 3 rings (SSSR count). The van der Waals surface area contributed by atoms with Gasteiger partial charge in [0.15, 0.2) is 0 Å². The Morgan fingerprint density at radius 2 is 2.05 bits per heavy atom. The molecule has 0 spiro atoms. The largest absolute Gasteiger partial charge is 0.334 e. The van der Waals surface area contributed by atoms with Gasteiger partial charge in [0.25, 0.3) is 0 Å². The summed E-state index contributed by atoms with van der Waals surface area (Å²) in [5.41, 5.74) is 5.17. The van der Waals surface area contributed by atoms with E-state index in [-0.39, 0.29) is 6.03 Å². The van der Waals surface area contributed by atoms with E-state index >= 15 is 0 Å². The molecule has 1 aromatic carbocycles. The van der Waals surface area contributed by atoms with Crippen molar-refractivity contribution in [1.29, 1.82) is 0 Å². The number of amides is 2. The molecule has 2 aliphatic rings. The lowest BCUT2D eigenvalue weighted by Crippen LogP contribution is -2.37. The fraction of sp³-hybridized carbons (Fsp3) is 0.471. The summed E-state index contributed by atoms with van der Waals surface area (Å²) in [5.74, 6) is 0. The van der Waals surface area contributed by atoms with Crippen LogP contribution in [0.25, 0.3) is 0 Å². The lowest BCUT2D eigenvalue weighted by atomic mass is 10.1. The number of carbonyl (C=O) groups is 1. The van der Waals surface area contributed by atoms with Crippen LogP contribution in [0.4, 0.5) is 4.79 Å². The quantitative estimate of drug-likeness (QED) is 0.736. The van der Waals surface area contributed by atoms with Crippen molar-refractivity contribution in [3.05, 3.63) is 46.5 Å². The van der Waals surface area contributed by atoms with Gasteiger partial charge in [-0.2, -0.15) is 0 Å². The van der Waals surface area contributed by atoms with Gasteiger partial charge in [-0.3, -0.25) is 0 Å². The van der Waals surface area contributed by atoms with Crippen molar-refractivity contribution in [3.63, 3.8) is 0 Å². The third-order valence-corrected chi connectivity index (χ3v) is 4.34. The number of carbonyl (C=O) groups excluding carboxylic acids is 1. The highest BCUT2D eigenvalue weighted by Crippen LogP contribution is 2.16. The van der Waals surface area contributed by atoms with Gasteiger partial charge in [-0.15, -0.1) is 0 Å². The molecule has 0 bridgehead atoms. The Bertz CT molecular complexity index is 582. The summed E-state index contributed by atoms with van der Waals surface area (Å²) in [7, 11) is 2.11. The number of fused-ring (bicyclic) bond motifs is 1. The van der Waals surface area contributed by atoms with E-state index in [0.29, 0.717) is 13.1 Å². The minimum atomic E-state index is -0.0987. The standard InChI is InChI=1S/C17H24N4O/c1-21-6-4-13(5-7-21)9-19-17(22)20-10-14-2-3-15-11-18-12-16(15)8-14/h2-4,8,18H,5-7,9-12H2,1H3,(H2,19,20,22). The molecule has 0 unspecified atom stereocenters. The van der Waals surface area contributed by atoms with Crippen molar-refractivity contribution in [1.82, 2.24) is 20.9 Å². The number of hydrogen-bond acceptors (Lipinski definition) is 3. The molecule has 0 aromatic heterocycles. The van der Waals surface area contributed by atoms with Gasteiger partial charge in [0.2, 0.25) is 0 Å². The molecule has 0 aliphatic carbocycles. The molecule has 3 N–H and O–H groups in total. The van der Waals surface area contributed by atoms with E-state index in [1.165, 1.54) is 16.7 Å². The molecule has 0 saturated heterocycles. The van der Waals surface area contributed by atoms with Gasteiger partial charge in [-0.25, -0.2) is 4.79 Å². The number of nitrogens with zero attached hydrogens (tertiary/aromatic N) is 1. The van der Waals surface area contributed by atoms with Crippen LogP contribution in [0.15, 0.2) is 29.8 Å². The first-order valence-electron chi connectivity index (χ1n) is 7.90. The van der Waals surface area contributed by atoms with Crippen molar-refractivity contribution >= 4 is 6.03 Å². The SMILES string of the molecule is CN1CC=C(CNC(=O)NCc2ccc3c(c2)CNC3)CC1. The van der Waals surface area contributed by atoms with Crippen LogP contribution in [-0.2, 0) is 19.6 Å². The summed E-state index contributed by atoms with van der Waals surface area (Å²) in [5, 5.41) is 9.20. The predicted molar refractivity (Wildman–Crippen MR) is 87.4 cm³/mol. The van der Waals surface area contributed by atoms with Crippen LogP contribution in [0.1, 0.15) is 23.1 Å². The summed E-state index contributed by atoms with van der Waals surface area (Å²) in [6.45, 7) is 5.14. The maximum Gasteiger partial charge on any atom is 0.315 e. The number of nitrogens with one attached hydrogen (secondary N) is 3. The van der Waals surface area contributed by atoms with Crippen LogP contribution in [0, 0.1) is 0 Å². The lowest BCUT2D eigenvalue weighted by Gasteiger charge is -2.22. The maximum atomic E-state index is 11.9. The van der Waals surface area contributed by atoms with Crippen LogP contribution in [-0.4, -0.2) is 37.6 Å². The number of urea groups is 1. The molecular weight excluding hydrogens is 276 g/mol. The average molecular weight is 300 g/mol. The predicted octanol–water partition coefficient (Wildman–Crippen LogP) is 1.35. The molecule has 1 aromatic rings. The Kier molecular flexibility index (Phi) is 4.75. The summed E-state index contributed by atoms with van der Waals surface area (Å²) < 4.78 is 0. The molecule has 5 nitrogen and oxygen atoms in total. The molecule has 2 amide bonds. The van der Waals surface area contributed by atoms with E-state index in [2.05, 4.69) is 52.2 Å². The molecule has 2 heterocycles. The van der Waals surface area contributed by atoms with Crippen molar-refractivity contribution in [2.24, 2.45) is 0 Å². The molecule has 118 valence electrons. The van der Waals surface area contributed by atoms with E-state index in [4.69, 9.17) is 0 Å². The van der Waals surface area contributed by atoms with Gasteiger partial charge in [-0.1, -0.05) is 29.8 Å². The van der Waals surface area contributed by atoms with Gasteiger partial charge < -0.3 is 20.9 Å². The molecule has 2 aliphatic heterocycles. The first kappa shape index (κ1) is 15.1. The highest BCUT2D eigenvalue weighted by molar-refractivity contribution is 5.74. The minimum Gasteiger partial charge on any atom is -0.334 e. The second-order valence-electron chi connectivity index (χ2n) is 6.12. The summed E-state index contributed by atoms with van der Waals surface area (Å²) in [6, 6.07) is 6.31. The zero-order valence-corrected chi connectivity index (χ0v) is 13.1. The molecule has 22 heavy (non-hydrogen) atoms. The highest BCUT2D eigenvalue weighted by Gasteiger charge is 2.11. The second kappa shape index (κ2) is 6.94. The van der Waals surface area contributed by atoms with Crippen molar-refractivity contribution in [2.45, 2.75) is 26.1 Å². The molecule has 0 atom stereocenters. The Morgan fingerprint density at radius 3 is 2.86 bits per heavy atom. The minimum absolute atomic E-state index is 0.0987. The van der Waals surface area contributed by atoms with Crippen LogP contribution < -0.4 is 16.0 Å². The van der Waals surface area contributed by atoms with Crippen LogP contribution in [0.3, 0.4) is 0 Å². The average Bonchev–Trinajstić information content (AvgIpc) is 3.00. The van der Waals surface area contributed by atoms with Gasteiger partial charge >= 0.3 is 6.03 Å². The lowest BCUT2D eigenvalue weighted by molar-refractivity contribution is 0.241. The zero-order chi connectivity index (χ0) is 15.4. The van der Waals surface area contributed by atoms with Crippen LogP contribution in [0.5, 0.6) is 0 Å². The van der Waals surface area contributed by atoms with E-state index in [1.54, 1.807) is 0 Å². The maximum absolute atomic E-state index is 11.9. The van der Waals surface area contributed by atoms with Crippen molar-refractivity contribution in [3.8, 4) is 0 Å². The Labute approximate surface area is 131 Å².